The Morgan fingerprint density at radius 3 is 2.58 bits per heavy atom. The lowest BCUT2D eigenvalue weighted by Gasteiger charge is -2.11. The minimum Gasteiger partial charge on any atom is -0.496 e. The van der Waals surface area contributed by atoms with Crippen molar-refractivity contribution >= 4 is 22.9 Å². The Morgan fingerprint density at radius 2 is 1.96 bits per heavy atom. The van der Waals surface area contributed by atoms with Crippen LogP contribution < -0.4 is 10.1 Å². The maximum absolute atomic E-state index is 11.4. The van der Waals surface area contributed by atoms with Crippen LogP contribution in [0.25, 0.3) is 21.7 Å². The first kappa shape index (κ1) is 16.0. The molecule has 0 bridgehead atoms. The summed E-state index contributed by atoms with van der Waals surface area (Å²) in [5.74, 6) is 0.560. The summed E-state index contributed by atoms with van der Waals surface area (Å²) in [7, 11) is 1.65. The summed E-state index contributed by atoms with van der Waals surface area (Å²) in [6, 6.07) is 13.6. The van der Waals surface area contributed by atoms with E-state index in [1.807, 2.05) is 41.8 Å². The van der Waals surface area contributed by atoms with E-state index in [1.54, 1.807) is 24.6 Å². The number of rotatable bonds is 5. The molecule has 120 valence electrons. The fourth-order valence-corrected chi connectivity index (χ4v) is 2.99. The van der Waals surface area contributed by atoms with E-state index in [1.165, 1.54) is 6.08 Å². The third-order valence-corrected chi connectivity index (χ3v) is 4.35. The first-order valence-corrected chi connectivity index (χ1v) is 8.21. The number of carbonyl (C=O) groups excluding carboxylic acids is 1. The highest BCUT2D eigenvalue weighted by molar-refractivity contribution is 7.13. The van der Waals surface area contributed by atoms with E-state index in [9.17, 15) is 4.79 Å². The number of anilines is 1. The van der Waals surface area contributed by atoms with Gasteiger partial charge in [0, 0.05) is 28.4 Å². The van der Waals surface area contributed by atoms with Crippen molar-refractivity contribution in [2.75, 3.05) is 12.4 Å². The Kier molecular flexibility index (Phi) is 4.72. The molecule has 2 aromatic carbocycles. The summed E-state index contributed by atoms with van der Waals surface area (Å²) in [6.45, 7) is 3.45. The Hall–Kier alpha value is -2.92. The molecule has 0 radical (unpaired) electrons. The van der Waals surface area contributed by atoms with Gasteiger partial charge < -0.3 is 10.1 Å². The number of aromatic nitrogens is 1. The van der Waals surface area contributed by atoms with Gasteiger partial charge in [-0.25, -0.2) is 4.98 Å². The van der Waals surface area contributed by atoms with E-state index in [2.05, 4.69) is 22.9 Å². The fourth-order valence-electron chi connectivity index (χ4n) is 2.36. The van der Waals surface area contributed by atoms with Crippen LogP contribution in [0.1, 0.15) is 0 Å². The molecule has 0 aliphatic carbocycles. The van der Waals surface area contributed by atoms with Crippen LogP contribution >= 0.6 is 11.3 Å². The second kappa shape index (κ2) is 7.10. The zero-order valence-electron chi connectivity index (χ0n) is 13.2. The molecule has 0 fully saturated rings. The molecule has 5 heteroatoms. The Morgan fingerprint density at radius 1 is 1.21 bits per heavy atom. The van der Waals surface area contributed by atoms with Crippen molar-refractivity contribution in [2.45, 2.75) is 0 Å². The maximum Gasteiger partial charge on any atom is 0.247 e. The molecule has 3 aromatic rings. The highest BCUT2D eigenvalue weighted by Crippen LogP contribution is 2.35. The van der Waals surface area contributed by atoms with Crippen LogP contribution in [-0.4, -0.2) is 18.0 Å². The second-order valence-electron chi connectivity index (χ2n) is 5.02. The molecule has 0 saturated carbocycles. The Balaban J connectivity index is 1.96. The zero-order chi connectivity index (χ0) is 16.9. The summed E-state index contributed by atoms with van der Waals surface area (Å²) < 4.78 is 5.48. The van der Waals surface area contributed by atoms with E-state index in [-0.39, 0.29) is 5.91 Å². The number of thiazole rings is 1. The van der Waals surface area contributed by atoms with Gasteiger partial charge >= 0.3 is 0 Å². The number of hydrogen-bond acceptors (Lipinski definition) is 4. The Bertz CT molecular complexity index is 856. The van der Waals surface area contributed by atoms with Gasteiger partial charge in [-0.3, -0.25) is 4.79 Å². The van der Waals surface area contributed by atoms with Gasteiger partial charge in [-0.2, -0.15) is 0 Å². The first-order valence-electron chi connectivity index (χ1n) is 7.33. The van der Waals surface area contributed by atoms with Crippen LogP contribution in [0.5, 0.6) is 5.75 Å². The molecule has 1 aromatic heterocycles. The van der Waals surface area contributed by atoms with Crippen LogP contribution in [0, 0.1) is 0 Å². The summed E-state index contributed by atoms with van der Waals surface area (Å²) >= 11 is 1.60. The van der Waals surface area contributed by atoms with Crippen LogP contribution in [-0.2, 0) is 4.79 Å². The molecular weight excluding hydrogens is 320 g/mol. The van der Waals surface area contributed by atoms with Gasteiger partial charge in [0.1, 0.15) is 10.8 Å². The topological polar surface area (TPSA) is 51.2 Å². The zero-order valence-corrected chi connectivity index (χ0v) is 14.0. The largest absolute Gasteiger partial charge is 0.496 e. The third kappa shape index (κ3) is 3.36. The van der Waals surface area contributed by atoms with E-state index >= 15 is 0 Å². The molecule has 0 aliphatic heterocycles. The van der Waals surface area contributed by atoms with E-state index in [4.69, 9.17) is 4.74 Å². The molecule has 24 heavy (non-hydrogen) atoms. The highest BCUT2D eigenvalue weighted by atomic mass is 32.1. The normalized spacial score (nSPS) is 10.2. The molecule has 1 amide bonds. The van der Waals surface area contributed by atoms with Crippen molar-refractivity contribution in [1.29, 1.82) is 0 Å². The van der Waals surface area contributed by atoms with Gasteiger partial charge in [-0.05, 0) is 42.0 Å². The Labute approximate surface area is 144 Å². The van der Waals surface area contributed by atoms with Crippen LogP contribution in [0.3, 0.4) is 0 Å². The van der Waals surface area contributed by atoms with Gasteiger partial charge in [0.15, 0.2) is 0 Å². The van der Waals surface area contributed by atoms with Crippen molar-refractivity contribution in [1.82, 2.24) is 4.98 Å². The number of benzene rings is 2. The molecule has 0 saturated heterocycles. The van der Waals surface area contributed by atoms with Crippen molar-refractivity contribution in [3.63, 3.8) is 0 Å². The number of methoxy groups -OCH3 is 1. The smallest absolute Gasteiger partial charge is 0.247 e. The molecule has 0 atom stereocenters. The first-order chi connectivity index (χ1) is 11.7. The number of nitrogens with one attached hydrogen (secondary N) is 1. The number of carbonyl (C=O) groups is 1. The molecule has 4 nitrogen and oxygen atoms in total. The minimum absolute atomic E-state index is 0.230. The summed E-state index contributed by atoms with van der Waals surface area (Å²) in [6.07, 6.45) is 3.04. The van der Waals surface area contributed by atoms with Crippen molar-refractivity contribution in [3.8, 4) is 27.4 Å². The second-order valence-corrected chi connectivity index (χ2v) is 5.92. The lowest BCUT2D eigenvalue weighted by molar-refractivity contribution is -0.111. The number of nitrogens with zero attached hydrogens (tertiary/aromatic N) is 1. The van der Waals surface area contributed by atoms with Crippen LogP contribution in [0.2, 0.25) is 0 Å². The average molecular weight is 336 g/mol. The molecule has 3 rings (SSSR count). The minimum atomic E-state index is -0.230. The van der Waals surface area contributed by atoms with Crippen LogP contribution in [0.4, 0.5) is 5.69 Å². The number of amides is 1. The van der Waals surface area contributed by atoms with Gasteiger partial charge in [-0.1, -0.05) is 18.7 Å². The fraction of sp³-hybridized carbons (Fsp3) is 0.0526. The molecular formula is C19H16N2O2S. The number of hydrogen-bond donors (Lipinski definition) is 1. The average Bonchev–Trinajstić information content (AvgIpc) is 3.16. The maximum atomic E-state index is 11.4. The predicted octanol–water partition coefficient (Wildman–Crippen LogP) is 4.61. The van der Waals surface area contributed by atoms with E-state index in [0.717, 1.165) is 33.1 Å². The molecule has 0 spiro atoms. The quantitative estimate of drug-likeness (QED) is 0.692. The van der Waals surface area contributed by atoms with E-state index in [0.29, 0.717) is 0 Å². The predicted molar refractivity (Wildman–Crippen MR) is 98.4 cm³/mol. The van der Waals surface area contributed by atoms with Crippen LogP contribution in [0.15, 0.2) is 66.7 Å². The van der Waals surface area contributed by atoms with Gasteiger partial charge in [0.25, 0.3) is 0 Å². The lowest BCUT2D eigenvalue weighted by Crippen LogP contribution is -2.06. The number of ether oxygens (including phenoxy) is 1. The summed E-state index contributed by atoms with van der Waals surface area (Å²) in [5, 5.41) is 5.66. The molecule has 1 N–H and O–H groups in total. The van der Waals surface area contributed by atoms with Crippen molar-refractivity contribution in [2.24, 2.45) is 0 Å². The van der Waals surface area contributed by atoms with Crippen molar-refractivity contribution in [3.05, 3.63) is 66.7 Å². The van der Waals surface area contributed by atoms with Gasteiger partial charge in [-0.15, -0.1) is 11.3 Å². The monoisotopic (exact) mass is 336 g/mol. The SMILES string of the molecule is C=CC(=O)Nc1ccc(-c2cc(-c3nccs3)ccc2OC)cc1. The molecule has 1 heterocycles. The molecule has 0 aliphatic rings. The standard InChI is InChI=1S/C19H16N2O2S/c1-3-18(22)21-15-7-4-13(5-8-15)16-12-14(6-9-17(16)23-2)19-20-10-11-24-19/h3-12H,1H2,2H3,(H,21,22). The highest BCUT2D eigenvalue weighted by Gasteiger charge is 2.10. The van der Waals surface area contributed by atoms with E-state index < -0.39 is 0 Å². The summed E-state index contributed by atoms with van der Waals surface area (Å²) in [5.41, 5.74) is 3.75. The summed E-state index contributed by atoms with van der Waals surface area (Å²) in [4.78, 5) is 15.7. The molecule has 0 unspecified atom stereocenters. The van der Waals surface area contributed by atoms with Gasteiger partial charge in [0.2, 0.25) is 5.91 Å². The lowest BCUT2D eigenvalue weighted by atomic mass is 10.0. The van der Waals surface area contributed by atoms with Gasteiger partial charge in [0.05, 0.1) is 7.11 Å². The van der Waals surface area contributed by atoms with Crippen molar-refractivity contribution < 1.29 is 9.53 Å². The third-order valence-electron chi connectivity index (χ3n) is 3.53.